The van der Waals surface area contributed by atoms with Crippen LogP contribution in [-0.4, -0.2) is 35.9 Å². The Morgan fingerprint density at radius 3 is 2.14 bits per heavy atom. The Kier molecular flexibility index (Phi) is 8.60. The molecule has 0 bridgehead atoms. The summed E-state index contributed by atoms with van der Waals surface area (Å²) < 4.78 is 15.9. The third kappa shape index (κ3) is 5.16. The molecule has 0 aliphatic carbocycles. The lowest BCUT2D eigenvalue weighted by atomic mass is 10.6. The Morgan fingerprint density at radius 2 is 1.71 bits per heavy atom. The van der Waals surface area contributed by atoms with Crippen LogP contribution in [0.3, 0.4) is 0 Å². The van der Waals surface area contributed by atoms with Crippen molar-refractivity contribution in [2.24, 2.45) is 0 Å². The molecule has 0 aromatic carbocycles. The summed E-state index contributed by atoms with van der Waals surface area (Å²) in [4.78, 5) is 0. The van der Waals surface area contributed by atoms with E-state index in [4.69, 9.17) is 13.3 Å². The number of thioether (sulfide) groups is 1. The SMILES string of the molecule is CC=CSCCC[Si](OC)(OC)OC. The lowest BCUT2D eigenvalue weighted by Crippen LogP contribution is -2.42. The Labute approximate surface area is 92.2 Å². The third-order valence-electron chi connectivity index (χ3n) is 1.91. The number of hydrogen-bond donors (Lipinski definition) is 0. The van der Waals surface area contributed by atoms with E-state index >= 15 is 0 Å². The summed E-state index contributed by atoms with van der Waals surface area (Å²) >= 11 is 1.80. The Bertz CT molecular complexity index is 152. The van der Waals surface area contributed by atoms with E-state index in [1.807, 2.05) is 13.0 Å². The van der Waals surface area contributed by atoms with Crippen molar-refractivity contribution >= 4 is 20.6 Å². The monoisotopic (exact) mass is 236 g/mol. The molecule has 0 amide bonds. The lowest BCUT2D eigenvalue weighted by molar-refractivity contribution is 0.123. The van der Waals surface area contributed by atoms with Crippen molar-refractivity contribution in [2.45, 2.75) is 19.4 Å². The van der Waals surface area contributed by atoms with E-state index in [2.05, 4.69) is 5.41 Å². The molecule has 0 unspecified atom stereocenters. The Morgan fingerprint density at radius 1 is 1.14 bits per heavy atom. The molecule has 0 aromatic heterocycles. The molecule has 0 aliphatic heterocycles. The summed E-state index contributed by atoms with van der Waals surface area (Å²) in [5.41, 5.74) is 0. The van der Waals surface area contributed by atoms with Gasteiger partial charge in [-0.15, -0.1) is 11.8 Å². The third-order valence-corrected chi connectivity index (χ3v) is 5.73. The van der Waals surface area contributed by atoms with E-state index < -0.39 is 8.80 Å². The van der Waals surface area contributed by atoms with Crippen molar-refractivity contribution in [1.82, 2.24) is 0 Å². The smallest absolute Gasteiger partial charge is 0.377 e. The van der Waals surface area contributed by atoms with Gasteiger partial charge in [0.2, 0.25) is 0 Å². The van der Waals surface area contributed by atoms with Crippen molar-refractivity contribution in [1.29, 1.82) is 0 Å². The summed E-state index contributed by atoms with van der Waals surface area (Å²) in [6.07, 6.45) is 3.09. The minimum absolute atomic E-state index is 0.876. The Hall–Kier alpha value is 0.187. The molecule has 0 N–H and O–H groups in total. The normalized spacial score (nSPS) is 12.6. The quantitative estimate of drug-likeness (QED) is 0.478. The van der Waals surface area contributed by atoms with E-state index in [1.165, 1.54) is 0 Å². The molecule has 0 atom stereocenters. The standard InChI is InChI=1S/C9H20O3SSi/c1-5-7-13-8-6-9-14(10-2,11-3)12-4/h5,7H,6,8-9H2,1-4H3. The van der Waals surface area contributed by atoms with Gasteiger partial charge in [-0.25, -0.2) is 0 Å². The molecular formula is C9H20O3SSi. The van der Waals surface area contributed by atoms with Crippen molar-refractivity contribution in [3.63, 3.8) is 0 Å². The summed E-state index contributed by atoms with van der Waals surface area (Å²) in [5, 5.41) is 2.09. The minimum atomic E-state index is -2.32. The molecule has 0 radical (unpaired) electrons. The van der Waals surface area contributed by atoms with Crippen LogP contribution in [0.5, 0.6) is 0 Å². The van der Waals surface area contributed by atoms with Gasteiger partial charge in [-0.05, 0) is 24.5 Å². The van der Waals surface area contributed by atoms with Crippen LogP contribution in [0, 0.1) is 0 Å². The average molecular weight is 236 g/mol. The zero-order valence-corrected chi connectivity index (χ0v) is 11.2. The van der Waals surface area contributed by atoms with Crippen molar-refractivity contribution in [3.8, 4) is 0 Å². The van der Waals surface area contributed by atoms with E-state index in [-0.39, 0.29) is 0 Å². The first-order valence-corrected chi connectivity index (χ1v) is 7.61. The maximum Gasteiger partial charge on any atom is 0.500 e. The number of rotatable bonds is 8. The molecule has 0 aliphatic rings. The molecule has 3 nitrogen and oxygen atoms in total. The van der Waals surface area contributed by atoms with Crippen LogP contribution < -0.4 is 0 Å². The van der Waals surface area contributed by atoms with E-state index in [0.29, 0.717) is 0 Å². The first-order chi connectivity index (χ1) is 6.74. The highest BCUT2D eigenvalue weighted by atomic mass is 32.2. The molecule has 0 saturated carbocycles. The summed E-state index contributed by atoms with van der Waals surface area (Å²) in [6, 6.07) is 0.876. The van der Waals surface area contributed by atoms with Gasteiger partial charge in [0, 0.05) is 27.4 Å². The predicted molar refractivity (Wildman–Crippen MR) is 63.5 cm³/mol. The van der Waals surface area contributed by atoms with Crippen LogP contribution in [0.1, 0.15) is 13.3 Å². The summed E-state index contributed by atoms with van der Waals surface area (Å²) in [6.45, 7) is 2.02. The Balaban J connectivity index is 3.71. The zero-order valence-electron chi connectivity index (χ0n) is 9.41. The van der Waals surface area contributed by atoms with Gasteiger partial charge in [0.05, 0.1) is 0 Å². The van der Waals surface area contributed by atoms with Crippen LogP contribution in [0.25, 0.3) is 0 Å². The van der Waals surface area contributed by atoms with Gasteiger partial charge in [-0.3, -0.25) is 0 Å². The van der Waals surface area contributed by atoms with Crippen molar-refractivity contribution in [2.75, 3.05) is 27.1 Å². The second-order valence-corrected chi connectivity index (χ2v) is 6.84. The fourth-order valence-corrected chi connectivity index (χ4v) is 3.71. The van der Waals surface area contributed by atoms with Crippen LogP contribution in [0.2, 0.25) is 6.04 Å². The van der Waals surface area contributed by atoms with Gasteiger partial charge in [-0.2, -0.15) is 0 Å². The van der Waals surface area contributed by atoms with Crippen molar-refractivity contribution in [3.05, 3.63) is 11.5 Å². The first-order valence-electron chi connectivity index (χ1n) is 4.63. The van der Waals surface area contributed by atoms with Crippen LogP contribution in [-0.2, 0) is 13.3 Å². The van der Waals surface area contributed by atoms with Crippen LogP contribution in [0.15, 0.2) is 11.5 Å². The minimum Gasteiger partial charge on any atom is -0.377 e. The topological polar surface area (TPSA) is 27.7 Å². The molecule has 0 saturated heterocycles. The fourth-order valence-electron chi connectivity index (χ4n) is 1.09. The van der Waals surface area contributed by atoms with Gasteiger partial charge in [0.25, 0.3) is 0 Å². The highest BCUT2D eigenvalue weighted by Crippen LogP contribution is 2.17. The van der Waals surface area contributed by atoms with Gasteiger partial charge < -0.3 is 13.3 Å². The lowest BCUT2D eigenvalue weighted by Gasteiger charge is -2.23. The zero-order chi connectivity index (χ0) is 10.9. The second-order valence-electron chi connectivity index (χ2n) is 2.74. The summed E-state index contributed by atoms with van der Waals surface area (Å²) in [7, 11) is 2.64. The molecule has 84 valence electrons. The molecule has 0 fully saturated rings. The van der Waals surface area contributed by atoms with Gasteiger partial charge in [0.15, 0.2) is 0 Å². The van der Waals surface area contributed by atoms with Gasteiger partial charge in [-0.1, -0.05) is 6.08 Å². The van der Waals surface area contributed by atoms with Crippen LogP contribution in [0.4, 0.5) is 0 Å². The second kappa shape index (κ2) is 8.49. The molecule has 0 aromatic rings. The van der Waals surface area contributed by atoms with E-state index in [0.717, 1.165) is 18.2 Å². The largest absolute Gasteiger partial charge is 0.500 e. The molecular weight excluding hydrogens is 216 g/mol. The van der Waals surface area contributed by atoms with Gasteiger partial charge in [0.1, 0.15) is 0 Å². The summed E-state index contributed by atoms with van der Waals surface area (Å²) in [5.74, 6) is 1.08. The van der Waals surface area contributed by atoms with E-state index in [9.17, 15) is 0 Å². The van der Waals surface area contributed by atoms with Gasteiger partial charge >= 0.3 is 8.80 Å². The van der Waals surface area contributed by atoms with E-state index in [1.54, 1.807) is 33.1 Å². The predicted octanol–water partition coefficient (Wildman–Crippen LogP) is 2.52. The maximum atomic E-state index is 5.31. The molecule has 5 heteroatoms. The number of hydrogen-bond acceptors (Lipinski definition) is 4. The van der Waals surface area contributed by atoms with Crippen LogP contribution >= 0.6 is 11.8 Å². The highest BCUT2D eigenvalue weighted by molar-refractivity contribution is 8.02. The fraction of sp³-hybridized carbons (Fsp3) is 0.778. The molecule has 0 rings (SSSR count). The maximum absolute atomic E-state index is 5.31. The molecule has 0 spiro atoms. The van der Waals surface area contributed by atoms with Crippen molar-refractivity contribution < 1.29 is 13.3 Å². The highest BCUT2D eigenvalue weighted by Gasteiger charge is 2.36. The molecule has 14 heavy (non-hydrogen) atoms. The average Bonchev–Trinajstić information content (AvgIpc) is 2.24. The number of allylic oxidation sites excluding steroid dienone is 1. The first kappa shape index (κ1) is 14.2. The molecule has 0 heterocycles.